The van der Waals surface area contributed by atoms with Crippen LogP contribution in [0.4, 0.5) is 0 Å². The van der Waals surface area contributed by atoms with E-state index in [-0.39, 0.29) is 0 Å². The molecule has 0 heterocycles. The highest BCUT2D eigenvalue weighted by Gasteiger charge is 2.26. The molecule has 0 radical (unpaired) electrons. The normalized spacial score (nSPS) is 25.2. The fourth-order valence-electron chi connectivity index (χ4n) is 3.53. The summed E-state index contributed by atoms with van der Waals surface area (Å²) in [6.07, 6.45) is 6.46. The third kappa shape index (κ3) is 5.01. The summed E-state index contributed by atoms with van der Waals surface area (Å²) in [6, 6.07) is 7.12. The second-order valence-electron chi connectivity index (χ2n) is 7.15. The molecule has 1 N–H and O–H groups in total. The van der Waals surface area contributed by atoms with Crippen LogP contribution < -0.4 is 10.1 Å². The number of hydrogen-bond donors (Lipinski definition) is 1. The summed E-state index contributed by atoms with van der Waals surface area (Å²) in [5, 5.41) is 3.76. The van der Waals surface area contributed by atoms with Crippen LogP contribution in [0.5, 0.6) is 5.75 Å². The van der Waals surface area contributed by atoms with Gasteiger partial charge in [0, 0.05) is 6.04 Å². The Labute approximate surface area is 136 Å². The third-order valence-electron chi connectivity index (χ3n) is 5.27. The van der Waals surface area contributed by atoms with Crippen molar-refractivity contribution in [2.45, 2.75) is 65.8 Å². The summed E-state index contributed by atoms with van der Waals surface area (Å²) in [4.78, 5) is 0. The van der Waals surface area contributed by atoms with Crippen molar-refractivity contribution >= 4 is 0 Å². The summed E-state index contributed by atoms with van der Waals surface area (Å²) in [7, 11) is 0. The van der Waals surface area contributed by atoms with Gasteiger partial charge in [-0.25, -0.2) is 0 Å². The van der Waals surface area contributed by atoms with E-state index < -0.39 is 0 Å². The van der Waals surface area contributed by atoms with E-state index in [1.54, 1.807) is 0 Å². The molecule has 2 rings (SSSR count). The van der Waals surface area contributed by atoms with Crippen molar-refractivity contribution in [2.75, 3.05) is 13.2 Å². The lowest BCUT2D eigenvalue weighted by atomic mass is 9.78. The molecule has 1 aliphatic carbocycles. The minimum Gasteiger partial charge on any atom is -0.493 e. The number of benzene rings is 1. The number of hydrogen-bond acceptors (Lipinski definition) is 2. The van der Waals surface area contributed by atoms with E-state index in [9.17, 15) is 0 Å². The molecule has 1 saturated carbocycles. The van der Waals surface area contributed by atoms with E-state index in [1.165, 1.54) is 36.8 Å². The second-order valence-corrected chi connectivity index (χ2v) is 7.15. The van der Waals surface area contributed by atoms with E-state index >= 15 is 0 Å². The zero-order valence-corrected chi connectivity index (χ0v) is 14.8. The van der Waals surface area contributed by atoms with Crippen LogP contribution in [0.25, 0.3) is 0 Å². The summed E-state index contributed by atoms with van der Waals surface area (Å²) in [6.45, 7) is 11.0. The highest BCUT2D eigenvalue weighted by Crippen LogP contribution is 2.29. The van der Waals surface area contributed by atoms with E-state index in [1.807, 2.05) is 0 Å². The van der Waals surface area contributed by atoms with E-state index in [0.717, 1.165) is 43.2 Å². The van der Waals surface area contributed by atoms with Gasteiger partial charge in [0.25, 0.3) is 0 Å². The number of rotatable bonds is 7. The molecular formula is C20H33NO. The Kier molecular flexibility index (Phi) is 6.75. The van der Waals surface area contributed by atoms with Gasteiger partial charge in [-0.05, 0) is 63.1 Å². The van der Waals surface area contributed by atoms with Gasteiger partial charge in [0.1, 0.15) is 5.75 Å². The molecule has 0 aromatic heterocycles. The van der Waals surface area contributed by atoms with Crippen molar-refractivity contribution in [1.82, 2.24) is 5.32 Å². The van der Waals surface area contributed by atoms with E-state index in [2.05, 4.69) is 51.2 Å². The molecule has 1 aromatic carbocycles. The Bertz CT molecular complexity index is 457. The van der Waals surface area contributed by atoms with Crippen molar-refractivity contribution in [3.05, 3.63) is 29.3 Å². The first-order chi connectivity index (χ1) is 10.6. The van der Waals surface area contributed by atoms with Gasteiger partial charge in [0.15, 0.2) is 0 Å². The molecule has 2 heteroatoms. The fraction of sp³-hybridized carbons (Fsp3) is 0.700. The molecule has 1 fully saturated rings. The molecule has 0 unspecified atom stereocenters. The Morgan fingerprint density at radius 2 is 1.95 bits per heavy atom. The Balaban J connectivity index is 1.59. The Hall–Kier alpha value is -1.02. The Morgan fingerprint density at radius 1 is 1.14 bits per heavy atom. The van der Waals surface area contributed by atoms with Crippen LogP contribution in [-0.4, -0.2) is 19.2 Å². The molecule has 0 bridgehead atoms. The third-order valence-corrected chi connectivity index (χ3v) is 5.27. The average Bonchev–Trinajstić information content (AvgIpc) is 2.48. The van der Waals surface area contributed by atoms with Crippen molar-refractivity contribution in [2.24, 2.45) is 11.8 Å². The van der Waals surface area contributed by atoms with Gasteiger partial charge in [-0.15, -0.1) is 0 Å². The first kappa shape index (κ1) is 17.3. The largest absolute Gasteiger partial charge is 0.493 e. The Morgan fingerprint density at radius 3 is 2.73 bits per heavy atom. The summed E-state index contributed by atoms with van der Waals surface area (Å²) < 4.78 is 5.89. The van der Waals surface area contributed by atoms with Gasteiger partial charge in [0.2, 0.25) is 0 Å². The average molecular weight is 303 g/mol. The lowest BCUT2D eigenvalue weighted by Gasteiger charge is -2.34. The van der Waals surface area contributed by atoms with Crippen LogP contribution >= 0.6 is 0 Å². The fourth-order valence-corrected chi connectivity index (χ4v) is 3.53. The van der Waals surface area contributed by atoms with Crippen molar-refractivity contribution in [1.29, 1.82) is 0 Å². The monoisotopic (exact) mass is 303 g/mol. The number of unbranched alkanes of at least 4 members (excludes halogenated alkanes) is 1. The van der Waals surface area contributed by atoms with Gasteiger partial charge in [-0.1, -0.05) is 44.4 Å². The number of nitrogens with one attached hydrogen (secondary N) is 1. The highest BCUT2D eigenvalue weighted by molar-refractivity contribution is 5.35. The van der Waals surface area contributed by atoms with Crippen LogP contribution in [0.2, 0.25) is 0 Å². The lowest BCUT2D eigenvalue weighted by molar-refractivity contribution is 0.205. The molecule has 124 valence electrons. The molecule has 3 atom stereocenters. The van der Waals surface area contributed by atoms with Crippen LogP contribution in [0.1, 0.15) is 57.1 Å². The zero-order valence-electron chi connectivity index (χ0n) is 14.8. The first-order valence-corrected chi connectivity index (χ1v) is 9.01. The van der Waals surface area contributed by atoms with Gasteiger partial charge in [-0.2, -0.15) is 0 Å². The van der Waals surface area contributed by atoms with Gasteiger partial charge in [-0.3, -0.25) is 0 Å². The van der Waals surface area contributed by atoms with E-state index in [4.69, 9.17) is 4.74 Å². The lowest BCUT2D eigenvalue weighted by Crippen LogP contribution is -2.41. The summed E-state index contributed by atoms with van der Waals surface area (Å²) in [5.74, 6) is 2.73. The molecular weight excluding hydrogens is 270 g/mol. The molecule has 2 nitrogen and oxygen atoms in total. The highest BCUT2D eigenvalue weighted by atomic mass is 16.5. The van der Waals surface area contributed by atoms with Crippen LogP contribution in [0.3, 0.4) is 0 Å². The molecule has 1 aromatic rings. The zero-order chi connectivity index (χ0) is 15.9. The summed E-state index contributed by atoms with van der Waals surface area (Å²) in [5.41, 5.74) is 2.54. The molecule has 0 amide bonds. The number of aryl methyl sites for hydroxylation is 2. The van der Waals surface area contributed by atoms with Gasteiger partial charge in [0.05, 0.1) is 6.61 Å². The van der Waals surface area contributed by atoms with Gasteiger partial charge < -0.3 is 10.1 Å². The van der Waals surface area contributed by atoms with Crippen molar-refractivity contribution < 1.29 is 4.74 Å². The maximum Gasteiger partial charge on any atom is 0.122 e. The predicted molar refractivity (Wildman–Crippen MR) is 94.6 cm³/mol. The predicted octanol–water partition coefficient (Wildman–Crippen LogP) is 4.88. The minimum atomic E-state index is 0.726. The quantitative estimate of drug-likeness (QED) is 0.725. The van der Waals surface area contributed by atoms with Crippen LogP contribution in [0, 0.1) is 25.7 Å². The van der Waals surface area contributed by atoms with Crippen molar-refractivity contribution in [3.8, 4) is 5.75 Å². The topological polar surface area (TPSA) is 21.3 Å². The molecule has 1 aliphatic rings. The number of ether oxygens (including phenoxy) is 1. The molecule has 22 heavy (non-hydrogen) atoms. The van der Waals surface area contributed by atoms with E-state index in [0.29, 0.717) is 0 Å². The first-order valence-electron chi connectivity index (χ1n) is 9.01. The van der Waals surface area contributed by atoms with Crippen molar-refractivity contribution in [3.63, 3.8) is 0 Å². The van der Waals surface area contributed by atoms with Gasteiger partial charge >= 0.3 is 0 Å². The molecule has 0 spiro atoms. The SMILES string of the molecule is Cc1ccc(OCCCCN[C@@H]2CCC[C@@H](C)[C@H]2C)c(C)c1. The molecule has 0 saturated heterocycles. The second kappa shape index (κ2) is 8.57. The van der Waals surface area contributed by atoms with Crippen LogP contribution in [-0.2, 0) is 0 Å². The molecule has 0 aliphatic heterocycles. The smallest absolute Gasteiger partial charge is 0.122 e. The maximum atomic E-state index is 5.89. The maximum absolute atomic E-state index is 5.89. The van der Waals surface area contributed by atoms with Crippen LogP contribution in [0.15, 0.2) is 18.2 Å². The minimum absolute atomic E-state index is 0.726. The standard InChI is InChI=1S/C20H33NO/c1-15-10-11-20(17(3)14-15)22-13-6-5-12-21-19-9-7-8-16(2)18(19)4/h10-11,14,16,18-19,21H,5-9,12-13H2,1-4H3/t16-,18-,19-/m1/s1. The summed E-state index contributed by atoms with van der Waals surface area (Å²) >= 11 is 0.